The van der Waals surface area contributed by atoms with E-state index in [1.165, 1.54) is 151 Å². The van der Waals surface area contributed by atoms with E-state index in [0.29, 0.717) is 0 Å². The molecule has 1 fully saturated rings. The molecule has 356 valence electrons. The number of fused-ring (bicyclic) bond motifs is 18. The summed E-state index contributed by atoms with van der Waals surface area (Å²) in [6.07, 6.45) is 4.87. The van der Waals surface area contributed by atoms with Crippen LogP contribution in [0.25, 0.3) is 86.3 Å². The van der Waals surface area contributed by atoms with Gasteiger partial charge in [0.05, 0.1) is 22.1 Å². The van der Waals surface area contributed by atoms with Gasteiger partial charge in [0.1, 0.15) is 0 Å². The lowest BCUT2D eigenvalue weighted by atomic mass is 9.42. The summed E-state index contributed by atoms with van der Waals surface area (Å²) in [6.45, 7) is 34.0. The molecule has 3 aliphatic heterocycles. The smallest absolute Gasteiger partial charge is 0.328 e. The normalized spacial score (nSPS) is 19.8. The van der Waals surface area contributed by atoms with Crippen LogP contribution in [0.4, 0.5) is 5.69 Å². The Bertz CT molecular complexity index is 4020. The number of hydrogen-bond donors (Lipinski definition) is 0. The minimum Gasteiger partial charge on any atom is -0.400 e. The van der Waals surface area contributed by atoms with Gasteiger partial charge in [0.15, 0.2) is 0 Å². The predicted molar refractivity (Wildman–Crippen MR) is 310 cm³/mol. The molecule has 7 aromatic carbocycles. The third kappa shape index (κ3) is 5.57. The molecule has 14 rings (SSSR count). The van der Waals surface area contributed by atoms with Crippen molar-refractivity contribution in [3.8, 4) is 22.5 Å². The number of anilines is 1. The Labute approximate surface area is 425 Å². The Hall–Kier alpha value is -5.78. The van der Waals surface area contributed by atoms with Gasteiger partial charge in [-0.25, -0.2) is 0 Å². The zero-order valence-corrected chi connectivity index (χ0v) is 45.4. The molecule has 2 unspecified atom stereocenters. The van der Waals surface area contributed by atoms with Gasteiger partial charge in [-0.15, -0.1) is 11.3 Å². The van der Waals surface area contributed by atoms with Crippen LogP contribution in [0.3, 0.4) is 0 Å². The van der Waals surface area contributed by atoms with E-state index in [-0.39, 0.29) is 39.5 Å². The molecule has 5 heteroatoms. The molecular weight excluding hydrogens is 878 g/mol. The third-order valence-electron chi connectivity index (χ3n) is 18.6. The second kappa shape index (κ2) is 13.6. The van der Waals surface area contributed by atoms with Crippen LogP contribution in [0.15, 0.2) is 109 Å². The van der Waals surface area contributed by atoms with Crippen molar-refractivity contribution < 1.29 is 0 Å². The second-order valence-corrected chi connectivity index (χ2v) is 28.0. The van der Waals surface area contributed by atoms with E-state index in [2.05, 4.69) is 231 Å². The first-order valence-corrected chi connectivity index (χ1v) is 27.5. The Balaban J connectivity index is 1.22. The maximum atomic E-state index is 3.07. The summed E-state index contributed by atoms with van der Waals surface area (Å²) in [5.74, 6) is 0. The fourth-order valence-electron chi connectivity index (χ4n) is 14.4. The molecule has 1 saturated carbocycles. The van der Waals surface area contributed by atoms with Crippen LogP contribution >= 0.6 is 11.3 Å². The fourth-order valence-corrected chi connectivity index (χ4v) is 15.8. The van der Waals surface area contributed by atoms with Crippen molar-refractivity contribution in [2.24, 2.45) is 0 Å². The second-order valence-electron chi connectivity index (χ2n) is 26.9. The summed E-state index contributed by atoms with van der Waals surface area (Å²) in [5.41, 5.74) is 22.1. The summed E-state index contributed by atoms with van der Waals surface area (Å²) in [7, 11) is 0. The highest BCUT2D eigenvalue weighted by Gasteiger charge is 2.63. The van der Waals surface area contributed by atoms with Gasteiger partial charge >= 0.3 is 6.85 Å². The van der Waals surface area contributed by atoms with Crippen molar-refractivity contribution in [3.05, 3.63) is 137 Å². The van der Waals surface area contributed by atoms with Crippen molar-refractivity contribution in [2.45, 2.75) is 155 Å². The van der Waals surface area contributed by atoms with Crippen molar-refractivity contribution in [2.75, 3.05) is 4.81 Å². The van der Waals surface area contributed by atoms with Crippen LogP contribution in [0.1, 0.15) is 150 Å². The van der Waals surface area contributed by atoms with Crippen molar-refractivity contribution >= 4 is 98.6 Å². The van der Waals surface area contributed by atoms with Crippen LogP contribution in [-0.4, -0.2) is 21.5 Å². The summed E-state index contributed by atoms with van der Waals surface area (Å²) < 4.78 is 8.29. The van der Waals surface area contributed by atoms with Crippen molar-refractivity contribution in [1.82, 2.24) is 9.13 Å². The molecule has 3 aromatic heterocycles. The fraction of sp³-hybridized carbons (Fsp3) is 0.364. The molecule has 6 heterocycles. The molecule has 0 bridgehead atoms. The predicted octanol–water partition coefficient (Wildman–Crippen LogP) is 16.9. The molecule has 3 nitrogen and oxygen atoms in total. The molecule has 0 spiro atoms. The number of hydrogen-bond acceptors (Lipinski definition) is 2. The molecular formula is C66H68BN3S. The molecule has 0 radical (unpaired) electrons. The maximum Gasteiger partial charge on any atom is 0.328 e. The van der Waals surface area contributed by atoms with E-state index in [1.807, 2.05) is 0 Å². The van der Waals surface area contributed by atoms with Crippen molar-refractivity contribution in [3.63, 3.8) is 0 Å². The monoisotopic (exact) mass is 946 g/mol. The highest BCUT2D eigenvalue weighted by atomic mass is 32.1. The number of benzene rings is 7. The van der Waals surface area contributed by atoms with Crippen molar-refractivity contribution in [1.29, 1.82) is 0 Å². The Morgan fingerprint density at radius 1 is 0.521 bits per heavy atom. The molecule has 0 saturated heterocycles. The molecule has 1 aliphatic carbocycles. The van der Waals surface area contributed by atoms with E-state index in [9.17, 15) is 0 Å². The highest BCUT2D eigenvalue weighted by molar-refractivity contribution is 7.26. The topological polar surface area (TPSA) is 13.1 Å². The average molecular weight is 946 g/mol. The van der Waals surface area contributed by atoms with Crippen LogP contribution < -0.4 is 15.7 Å². The number of thiophene rings is 1. The first-order valence-electron chi connectivity index (χ1n) is 26.7. The third-order valence-corrected chi connectivity index (χ3v) is 19.8. The largest absolute Gasteiger partial charge is 0.400 e. The molecule has 10 aromatic rings. The Kier molecular flexibility index (Phi) is 8.44. The number of para-hydroxylation sites is 1. The van der Waals surface area contributed by atoms with E-state index in [1.54, 1.807) is 5.56 Å². The summed E-state index contributed by atoms with van der Waals surface area (Å²) >= 11 is 2.06. The van der Waals surface area contributed by atoms with Gasteiger partial charge in [0.2, 0.25) is 0 Å². The minimum absolute atomic E-state index is 0.00469. The maximum absolute atomic E-state index is 3.07. The standard InChI is InChI=1S/C66H68BN3S/c1-61(2,3)37-22-25-50-42(30-37)46-36-49-59-54(57(46)68(50)41-20-16-15-17-21-41)48-32-38(62(4,5)6)23-26-51(48)69(59)52-34-40(64(10,11)12)33-44-45-35-47-43-31-39(63(7,8)9)24-27-53(43)71-60(47)55-58(45)70(67(49)56(44)52)66(14)29-19-18-28-65(55,66)13/h15-17,20-27,30-36H,18-19,28-29H2,1-14H3. The number of nitrogens with zero attached hydrogens (tertiary/aromatic N) is 3. The first kappa shape index (κ1) is 44.0. The molecule has 2 atom stereocenters. The van der Waals surface area contributed by atoms with Gasteiger partial charge in [-0.2, -0.15) is 0 Å². The lowest BCUT2D eigenvalue weighted by Crippen LogP contribution is -2.70. The first-order chi connectivity index (χ1) is 33.5. The summed E-state index contributed by atoms with van der Waals surface area (Å²) in [5, 5.41) is 8.28. The number of aromatic nitrogens is 2. The van der Waals surface area contributed by atoms with Gasteiger partial charge in [-0.1, -0.05) is 151 Å². The number of rotatable bonds is 1. The Morgan fingerprint density at radius 3 is 1.79 bits per heavy atom. The van der Waals surface area contributed by atoms with Crippen LogP contribution in [0, 0.1) is 0 Å². The molecule has 71 heavy (non-hydrogen) atoms. The average Bonchev–Trinajstić information content (AvgIpc) is 4.02. The van der Waals surface area contributed by atoms with Gasteiger partial charge in [0.25, 0.3) is 0 Å². The van der Waals surface area contributed by atoms with E-state index in [0.717, 1.165) is 0 Å². The van der Waals surface area contributed by atoms with E-state index in [4.69, 9.17) is 0 Å². The minimum atomic E-state index is -0.113. The van der Waals surface area contributed by atoms with E-state index >= 15 is 0 Å². The zero-order valence-electron chi connectivity index (χ0n) is 44.5. The highest BCUT2D eigenvalue weighted by Crippen LogP contribution is 2.66. The van der Waals surface area contributed by atoms with Gasteiger partial charge in [-0.05, 0) is 141 Å². The van der Waals surface area contributed by atoms with Gasteiger partial charge in [-0.3, -0.25) is 0 Å². The summed E-state index contributed by atoms with van der Waals surface area (Å²) in [6, 6.07) is 44.1. The van der Waals surface area contributed by atoms with Crippen LogP contribution in [0.5, 0.6) is 0 Å². The van der Waals surface area contributed by atoms with Crippen LogP contribution in [-0.2, 0) is 27.1 Å². The molecule has 0 N–H and O–H groups in total. The van der Waals surface area contributed by atoms with Gasteiger partial charge in [0, 0.05) is 80.9 Å². The van der Waals surface area contributed by atoms with Gasteiger partial charge < -0.3 is 13.9 Å². The zero-order chi connectivity index (χ0) is 49.4. The SMILES string of the molecule is CC(C)(C)c1cc2c3c(c1)-n1c4ccc(C(C)(C)C)cc4c4c1c(cc1c5cc(C(C)(C)C)ccc5n(-c5ccccc5)c14)B3N1c3c-2cc2c(sc4ccc(C(C)(C)C)cc42)c3C2(C)CCCCC12C. The lowest BCUT2D eigenvalue weighted by Gasteiger charge is -2.54. The van der Waals surface area contributed by atoms with Crippen LogP contribution in [0.2, 0.25) is 0 Å². The van der Waals surface area contributed by atoms with E-state index < -0.39 is 0 Å². The molecule has 0 amide bonds. The quantitative estimate of drug-likeness (QED) is 0.149. The lowest BCUT2D eigenvalue weighted by molar-refractivity contribution is 0.200. The summed E-state index contributed by atoms with van der Waals surface area (Å²) in [4.78, 5) is 3.07. The molecule has 4 aliphatic rings. The Morgan fingerprint density at radius 2 is 1.13 bits per heavy atom.